The first-order valence-corrected chi connectivity index (χ1v) is 6.61. The first-order valence-electron chi connectivity index (χ1n) is 6.61. The molecular weight excluding hydrogens is 316 g/mol. The summed E-state index contributed by atoms with van der Waals surface area (Å²) in [7, 11) is 0. The molecule has 0 bridgehead atoms. The SMILES string of the molecule is NC(=O)c1cc(C(=O)O)ccc1C(=O)Nc1ccc(C(=O)O)cc1. The summed E-state index contributed by atoms with van der Waals surface area (Å²) < 4.78 is 0. The van der Waals surface area contributed by atoms with Crippen LogP contribution in [0.5, 0.6) is 0 Å². The van der Waals surface area contributed by atoms with Gasteiger partial charge in [0.1, 0.15) is 0 Å². The van der Waals surface area contributed by atoms with Crippen molar-refractivity contribution in [3.05, 3.63) is 64.7 Å². The highest BCUT2D eigenvalue weighted by Gasteiger charge is 2.18. The summed E-state index contributed by atoms with van der Waals surface area (Å²) in [5.41, 5.74) is 5.06. The van der Waals surface area contributed by atoms with Crippen LogP contribution in [0.1, 0.15) is 41.4 Å². The Kier molecular flexibility index (Phi) is 4.60. The molecule has 5 N–H and O–H groups in total. The van der Waals surface area contributed by atoms with E-state index in [-0.39, 0.29) is 22.3 Å². The van der Waals surface area contributed by atoms with Crippen molar-refractivity contribution in [2.45, 2.75) is 0 Å². The molecule has 0 radical (unpaired) electrons. The van der Waals surface area contributed by atoms with Crippen LogP contribution < -0.4 is 11.1 Å². The Bertz CT molecular complexity index is 842. The van der Waals surface area contributed by atoms with Crippen molar-refractivity contribution in [3.63, 3.8) is 0 Å². The quantitative estimate of drug-likeness (QED) is 0.653. The van der Waals surface area contributed by atoms with Crippen molar-refractivity contribution in [2.75, 3.05) is 5.32 Å². The van der Waals surface area contributed by atoms with Crippen LogP contribution in [0.4, 0.5) is 5.69 Å². The summed E-state index contributed by atoms with van der Waals surface area (Å²) in [4.78, 5) is 45.4. The molecule has 24 heavy (non-hydrogen) atoms. The Morgan fingerprint density at radius 3 is 1.83 bits per heavy atom. The minimum atomic E-state index is -1.26. The summed E-state index contributed by atoms with van der Waals surface area (Å²) in [5, 5.41) is 20.2. The number of carbonyl (C=O) groups is 4. The molecule has 8 nitrogen and oxygen atoms in total. The molecule has 2 amide bonds. The molecule has 0 saturated carbocycles. The van der Waals surface area contributed by atoms with E-state index in [1.54, 1.807) is 0 Å². The molecule has 0 aliphatic carbocycles. The summed E-state index contributed by atoms with van der Waals surface area (Å²) in [5.74, 6) is -3.98. The lowest BCUT2D eigenvalue weighted by Crippen LogP contribution is -2.21. The van der Waals surface area contributed by atoms with Crippen LogP contribution in [-0.4, -0.2) is 34.0 Å². The molecule has 2 rings (SSSR count). The highest BCUT2D eigenvalue weighted by atomic mass is 16.4. The van der Waals surface area contributed by atoms with Crippen LogP contribution >= 0.6 is 0 Å². The molecule has 0 heterocycles. The molecule has 0 atom stereocenters. The van der Waals surface area contributed by atoms with Gasteiger partial charge in [-0.15, -0.1) is 0 Å². The third kappa shape index (κ3) is 3.55. The van der Waals surface area contributed by atoms with E-state index in [0.717, 1.165) is 6.07 Å². The van der Waals surface area contributed by atoms with Crippen LogP contribution in [0.25, 0.3) is 0 Å². The van der Waals surface area contributed by atoms with Gasteiger partial charge in [-0.1, -0.05) is 0 Å². The Labute approximate surface area is 135 Å². The zero-order valence-corrected chi connectivity index (χ0v) is 12.1. The van der Waals surface area contributed by atoms with E-state index in [9.17, 15) is 19.2 Å². The predicted octanol–water partition coefficient (Wildman–Crippen LogP) is 1.43. The van der Waals surface area contributed by atoms with Crippen molar-refractivity contribution >= 4 is 29.4 Å². The maximum atomic E-state index is 12.3. The second kappa shape index (κ2) is 6.61. The van der Waals surface area contributed by atoms with E-state index < -0.39 is 23.8 Å². The van der Waals surface area contributed by atoms with Gasteiger partial charge in [0, 0.05) is 5.69 Å². The van der Waals surface area contributed by atoms with Gasteiger partial charge in [-0.3, -0.25) is 9.59 Å². The molecule has 2 aromatic carbocycles. The minimum absolute atomic E-state index is 0.0524. The van der Waals surface area contributed by atoms with Gasteiger partial charge in [-0.2, -0.15) is 0 Å². The average Bonchev–Trinajstić information content (AvgIpc) is 2.54. The van der Waals surface area contributed by atoms with E-state index in [1.165, 1.54) is 36.4 Å². The van der Waals surface area contributed by atoms with Crippen LogP contribution in [0.15, 0.2) is 42.5 Å². The number of carbonyl (C=O) groups excluding carboxylic acids is 2. The van der Waals surface area contributed by atoms with Crippen LogP contribution in [0, 0.1) is 0 Å². The number of carboxylic acid groups (broad SMARTS) is 2. The second-order valence-corrected chi connectivity index (χ2v) is 4.77. The lowest BCUT2D eigenvalue weighted by atomic mass is 10.0. The summed E-state index contributed by atoms with van der Waals surface area (Å²) in [6.07, 6.45) is 0. The van der Waals surface area contributed by atoms with Crippen molar-refractivity contribution in [1.82, 2.24) is 0 Å². The fourth-order valence-corrected chi connectivity index (χ4v) is 1.97. The molecule has 0 aromatic heterocycles. The zero-order chi connectivity index (χ0) is 17.9. The summed E-state index contributed by atoms with van der Waals surface area (Å²) >= 11 is 0. The van der Waals surface area contributed by atoms with Gasteiger partial charge in [0.05, 0.1) is 22.3 Å². The number of rotatable bonds is 5. The van der Waals surface area contributed by atoms with E-state index in [2.05, 4.69) is 5.32 Å². The highest BCUT2D eigenvalue weighted by molar-refractivity contribution is 6.12. The summed E-state index contributed by atoms with van der Waals surface area (Å²) in [6.45, 7) is 0. The van der Waals surface area contributed by atoms with Gasteiger partial charge in [-0.05, 0) is 42.5 Å². The van der Waals surface area contributed by atoms with Gasteiger partial charge < -0.3 is 21.3 Å². The Morgan fingerprint density at radius 1 is 0.792 bits per heavy atom. The van der Waals surface area contributed by atoms with E-state index >= 15 is 0 Å². The minimum Gasteiger partial charge on any atom is -0.478 e. The maximum Gasteiger partial charge on any atom is 0.335 e. The zero-order valence-electron chi connectivity index (χ0n) is 12.1. The molecular formula is C16H12N2O6. The van der Waals surface area contributed by atoms with E-state index in [4.69, 9.17) is 15.9 Å². The number of nitrogens with one attached hydrogen (secondary N) is 1. The van der Waals surface area contributed by atoms with Gasteiger partial charge >= 0.3 is 11.9 Å². The summed E-state index contributed by atoms with van der Waals surface area (Å²) in [6, 6.07) is 8.77. The smallest absolute Gasteiger partial charge is 0.335 e. The predicted molar refractivity (Wildman–Crippen MR) is 83.3 cm³/mol. The molecule has 0 saturated heterocycles. The maximum absolute atomic E-state index is 12.3. The molecule has 0 unspecified atom stereocenters. The molecule has 8 heteroatoms. The Balaban J connectivity index is 2.30. The fourth-order valence-electron chi connectivity index (χ4n) is 1.97. The first kappa shape index (κ1) is 16.7. The number of primary amides is 1. The largest absolute Gasteiger partial charge is 0.478 e. The van der Waals surface area contributed by atoms with E-state index in [0.29, 0.717) is 5.69 Å². The van der Waals surface area contributed by atoms with Crippen LogP contribution in [0.2, 0.25) is 0 Å². The molecule has 2 aromatic rings. The normalized spacial score (nSPS) is 10.0. The second-order valence-electron chi connectivity index (χ2n) is 4.77. The molecule has 122 valence electrons. The first-order chi connectivity index (χ1) is 11.3. The number of amides is 2. The number of nitrogens with two attached hydrogens (primary N) is 1. The van der Waals surface area contributed by atoms with Crippen molar-refractivity contribution in [2.24, 2.45) is 5.73 Å². The average molecular weight is 328 g/mol. The van der Waals surface area contributed by atoms with Crippen LogP contribution in [0.3, 0.4) is 0 Å². The molecule has 0 aliphatic heterocycles. The van der Waals surface area contributed by atoms with E-state index in [1.807, 2.05) is 0 Å². The Morgan fingerprint density at radius 2 is 1.33 bits per heavy atom. The van der Waals surface area contributed by atoms with Crippen molar-refractivity contribution in [3.8, 4) is 0 Å². The lowest BCUT2D eigenvalue weighted by Gasteiger charge is -2.09. The number of hydrogen-bond acceptors (Lipinski definition) is 4. The molecule has 0 fully saturated rings. The number of carboxylic acids is 2. The van der Waals surface area contributed by atoms with Gasteiger partial charge in [0.15, 0.2) is 0 Å². The van der Waals surface area contributed by atoms with Crippen molar-refractivity contribution < 1.29 is 29.4 Å². The number of hydrogen-bond donors (Lipinski definition) is 4. The van der Waals surface area contributed by atoms with Gasteiger partial charge in [0.25, 0.3) is 5.91 Å². The van der Waals surface area contributed by atoms with Gasteiger partial charge in [0.2, 0.25) is 5.91 Å². The molecule has 0 aliphatic rings. The number of aromatic carboxylic acids is 2. The Hall–Kier alpha value is -3.68. The van der Waals surface area contributed by atoms with Crippen LogP contribution in [-0.2, 0) is 0 Å². The molecule has 0 spiro atoms. The van der Waals surface area contributed by atoms with Crippen molar-refractivity contribution in [1.29, 1.82) is 0 Å². The lowest BCUT2D eigenvalue weighted by molar-refractivity contribution is 0.0686. The standard InChI is InChI=1S/C16H12N2O6/c17-13(19)12-7-9(16(23)24)3-6-11(12)14(20)18-10-4-1-8(2-5-10)15(21)22/h1-7H,(H2,17,19)(H,18,20)(H,21,22)(H,23,24). The van der Waals surface area contributed by atoms with Gasteiger partial charge in [-0.25, -0.2) is 9.59 Å². The monoisotopic (exact) mass is 328 g/mol. The third-order valence-corrected chi connectivity index (χ3v) is 3.17. The topological polar surface area (TPSA) is 147 Å². The third-order valence-electron chi connectivity index (χ3n) is 3.17. The number of benzene rings is 2. The highest BCUT2D eigenvalue weighted by Crippen LogP contribution is 2.16. The fraction of sp³-hybridized carbons (Fsp3) is 0. The number of anilines is 1.